The SMILES string of the molecule is O=S=Cc1ccncc1. The fraction of sp³-hybridized carbons (Fsp3) is 0. The minimum atomic E-state index is 0.452. The first-order valence-electron chi connectivity index (χ1n) is 2.45. The Morgan fingerprint density at radius 2 is 2.11 bits per heavy atom. The highest BCUT2D eigenvalue weighted by molar-refractivity contribution is 7.65. The van der Waals surface area contributed by atoms with Gasteiger partial charge in [0.1, 0.15) is 0 Å². The highest BCUT2D eigenvalue weighted by Crippen LogP contribution is 1.88. The summed E-state index contributed by atoms with van der Waals surface area (Å²) in [4.78, 5) is 3.80. The number of hydrogen-bond donors (Lipinski definition) is 0. The van der Waals surface area contributed by atoms with Crippen LogP contribution in [0.3, 0.4) is 0 Å². The summed E-state index contributed by atoms with van der Waals surface area (Å²) < 4.78 is 9.94. The summed E-state index contributed by atoms with van der Waals surface area (Å²) in [7, 11) is 0. The van der Waals surface area contributed by atoms with Gasteiger partial charge in [0.2, 0.25) is 0 Å². The number of rotatable bonds is 1. The van der Waals surface area contributed by atoms with E-state index in [9.17, 15) is 4.21 Å². The maximum atomic E-state index is 9.94. The molecule has 0 saturated heterocycles. The Balaban J connectivity index is 2.97. The summed E-state index contributed by atoms with van der Waals surface area (Å²) in [6.07, 6.45) is 3.31. The van der Waals surface area contributed by atoms with Crippen molar-refractivity contribution in [2.45, 2.75) is 0 Å². The average Bonchev–Trinajstić information content (AvgIpc) is 1.91. The monoisotopic (exact) mass is 139 g/mol. The molecule has 2 nitrogen and oxygen atoms in total. The van der Waals surface area contributed by atoms with Gasteiger partial charge < -0.3 is 0 Å². The van der Waals surface area contributed by atoms with Gasteiger partial charge >= 0.3 is 0 Å². The predicted octanol–water partition coefficient (Wildman–Crippen LogP) is 0.445. The van der Waals surface area contributed by atoms with Gasteiger partial charge in [0.25, 0.3) is 0 Å². The molecule has 0 aliphatic heterocycles. The number of aromatic nitrogens is 1. The molecule has 1 heterocycles. The van der Waals surface area contributed by atoms with Crippen molar-refractivity contribution < 1.29 is 4.21 Å². The van der Waals surface area contributed by atoms with Gasteiger partial charge in [-0.15, -0.1) is 0 Å². The smallest absolute Gasteiger partial charge is 0.0891 e. The molecule has 1 aromatic rings. The third kappa shape index (κ3) is 1.77. The van der Waals surface area contributed by atoms with Crippen LogP contribution in [0.25, 0.3) is 0 Å². The van der Waals surface area contributed by atoms with Crippen LogP contribution < -0.4 is 0 Å². The molecule has 0 aliphatic rings. The third-order valence-electron chi connectivity index (χ3n) is 0.890. The largest absolute Gasteiger partial charge is 0.265 e. The van der Waals surface area contributed by atoms with Gasteiger partial charge in [0, 0.05) is 17.8 Å². The zero-order chi connectivity index (χ0) is 6.53. The molecule has 0 amide bonds. The van der Waals surface area contributed by atoms with Crippen molar-refractivity contribution in [2.24, 2.45) is 0 Å². The van der Waals surface area contributed by atoms with E-state index in [1.807, 2.05) is 0 Å². The minimum Gasteiger partial charge on any atom is -0.265 e. The maximum Gasteiger partial charge on any atom is 0.0891 e. The van der Waals surface area contributed by atoms with E-state index in [2.05, 4.69) is 4.98 Å². The van der Waals surface area contributed by atoms with Crippen LogP contribution in [-0.4, -0.2) is 14.6 Å². The van der Waals surface area contributed by atoms with E-state index in [1.165, 1.54) is 5.37 Å². The lowest BCUT2D eigenvalue weighted by Crippen LogP contribution is -1.78. The molecule has 0 spiro atoms. The van der Waals surface area contributed by atoms with E-state index in [1.54, 1.807) is 24.5 Å². The van der Waals surface area contributed by atoms with Crippen molar-refractivity contribution in [3.63, 3.8) is 0 Å². The molecular weight excluding hydrogens is 134 g/mol. The molecule has 3 heteroatoms. The van der Waals surface area contributed by atoms with Crippen LogP contribution in [0.5, 0.6) is 0 Å². The summed E-state index contributed by atoms with van der Waals surface area (Å²) in [5, 5.41) is 1.53. The maximum absolute atomic E-state index is 9.94. The van der Waals surface area contributed by atoms with Crippen molar-refractivity contribution in [2.75, 3.05) is 0 Å². The zero-order valence-electron chi connectivity index (χ0n) is 4.65. The Hall–Kier alpha value is -0.960. The van der Waals surface area contributed by atoms with Gasteiger partial charge in [0.05, 0.1) is 11.3 Å². The predicted molar refractivity (Wildman–Crippen MR) is 37.5 cm³/mol. The fourth-order valence-electron chi connectivity index (χ4n) is 0.498. The fourth-order valence-corrected chi connectivity index (χ4v) is 0.766. The van der Waals surface area contributed by atoms with E-state index in [4.69, 9.17) is 0 Å². The van der Waals surface area contributed by atoms with Gasteiger partial charge in [-0.3, -0.25) is 4.98 Å². The highest BCUT2D eigenvalue weighted by atomic mass is 32.1. The normalized spacial score (nSPS) is 8.44. The van der Waals surface area contributed by atoms with Crippen LogP contribution in [0.4, 0.5) is 0 Å². The van der Waals surface area contributed by atoms with E-state index >= 15 is 0 Å². The summed E-state index contributed by atoms with van der Waals surface area (Å²) in [5.74, 6) is 0. The molecule has 0 atom stereocenters. The van der Waals surface area contributed by atoms with Crippen molar-refractivity contribution in [3.05, 3.63) is 30.1 Å². The van der Waals surface area contributed by atoms with Crippen LogP contribution in [0.15, 0.2) is 24.5 Å². The number of pyridine rings is 1. The van der Waals surface area contributed by atoms with Gasteiger partial charge in [-0.25, -0.2) is 4.21 Å². The first-order valence-corrected chi connectivity index (χ1v) is 3.26. The highest BCUT2D eigenvalue weighted by Gasteiger charge is 1.79. The van der Waals surface area contributed by atoms with Crippen molar-refractivity contribution in [1.82, 2.24) is 4.98 Å². The van der Waals surface area contributed by atoms with Crippen LogP contribution in [0.2, 0.25) is 0 Å². The molecule has 0 aromatic carbocycles. The summed E-state index contributed by atoms with van der Waals surface area (Å²) in [6.45, 7) is 0. The first kappa shape index (κ1) is 6.16. The second kappa shape index (κ2) is 3.14. The molecular formula is C6H5NOS. The molecule has 0 aliphatic carbocycles. The molecule has 0 unspecified atom stereocenters. The first-order chi connectivity index (χ1) is 4.43. The quantitative estimate of drug-likeness (QED) is 0.528. The zero-order valence-corrected chi connectivity index (χ0v) is 5.47. The standard InChI is InChI=1S/C6H5NOS/c8-9-5-6-1-3-7-4-2-6/h1-5H. The Bertz CT molecular complexity index is 228. The molecule has 1 rings (SSSR count). The number of hydrogen-bond acceptors (Lipinski definition) is 2. The van der Waals surface area contributed by atoms with E-state index in [0.29, 0.717) is 11.3 Å². The summed E-state index contributed by atoms with van der Waals surface area (Å²) >= 11 is 0.452. The van der Waals surface area contributed by atoms with E-state index in [-0.39, 0.29) is 0 Å². The van der Waals surface area contributed by atoms with Crippen molar-refractivity contribution in [1.29, 1.82) is 0 Å². The van der Waals surface area contributed by atoms with Gasteiger partial charge in [-0.2, -0.15) is 0 Å². The lowest BCUT2D eigenvalue weighted by molar-refractivity contribution is 0.701. The Morgan fingerprint density at radius 3 is 2.67 bits per heavy atom. The summed E-state index contributed by atoms with van der Waals surface area (Å²) in [5.41, 5.74) is 0.907. The van der Waals surface area contributed by atoms with E-state index < -0.39 is 0 Å². The third-order valence-corrected chi connectivity index (χ3v) is 1.26. The lowest BCUT2D eigenvalue weighted by Gasteiger charge is -1.83. The summed E-state index contributed by atoms with van der Waals surface area (Å²) in [6, 6.07) is 3.57. The Kier molecular flexibility index (Phi) is 2.15. The average molecular weight is 139 g/mol. The topological polar surface area (TPSA) is 30.0 Å². The molecule has 46 valence electrons. The molecule has 0 N–H and O–H groups in total. The Labute approximate surface area is 56.6 Å². The van der Waals surface area contributed by atoms with E-state index in [0.717, 1.165) is 5.56 Å². The van der Waals surface area contributed by atoms with Crippen LogP contribution in [0, 0.1) is 0 Å². The van der Waals surface area contributed by atoms with Gasteiger partial charge in [0.15, 0.2) is 0 Å². The molecule has 9 heavy (non-hydrogen) atoms. The van der Waals surface area contributed by atoms with Crippen LogP contribution in [0.1, 0.15) is 5.56 Å². The lowest BCUT2D eigenvalue weighted by atomic mass is 10.3. The molecule has 0 bridgehead atoms. The second-order valence-corrected chi connectivity index (χ2v) is 1.92. The van der Waals surface area contributed by atoms with Crippen LogP contribution in [-0.2, 0) is 11.3 Å². The molecule has 0 saturated carbocycles. The van der Waals surface area contributed by atoms with Crippen molar-refractivity contribution >= 4 is 16.6 Å². The van der Waals surface area contributed by atoms with Gasteiger partial charge in [-0.05, 0) is 17.7 Å². The minimum absolute atomic E-state index is 0.452. The molecule has 0 fully saturated rings. The second-order valence-electron chi connectivity index (χ2n) is 1.49. The molecule has 1 aromatic heterocycles. The van der Waals surface area contributed by atoms with Crippen LogP contribution >= 0.6 is 0 Å². The Morgan fingerprint density at radius 1 is 1.44 bits per heavy atom. The van der Waals surface area contributed by atoms with Gasteiger partial charge in [-0.1, -0.05) is 0 Å². The van der Waals surface area contributed by atoms with Crippen molar-refractivity contribution in [3.8, 4) is 0 Å². The molecule has 0 radical (unpaired) electrons. The number of nitrogens with zero attached hydrogens (tertiary/aromatic N) is 1.